The average molecular weight is 325 g/mol. The van der Waals surface area contributed by atoms with Crippen molar-refractivity contribution in [2.75, 3.05) is 19.6 Å². The van der Waals surface area contributed by atoms with Gasteiger partial charge in [0.2, 0.25) is 0 Å². The number of benzene rings is 1. The van der Waals surface area contributed by atoms with Gasteiger partial charge < -0.3 is 10.2 Å². The second kappa shape index (κ2) is 6.63. The topological polar surface area (TPSA) is 73.9 Å². The molecule has 2 N–H and O–H groups in total. The zero-order chi connectivity index (χ0) is 16.4. The monoisotopic (exact) mass is 325 g/mol. The van der Waals surface area contributed by atoms with E-state index in [0.717, 1.165) is 43.1 Å². The summed E-state index contributed by atoms with van der Waals surface area (Å²) in [5, 5.41) is 10.5. The van der Waals surface area contributed by atoms with Crippen LogP contribution in [0.25, 0.3) is 11.4 Å². The summed E-state index contributed by atoms with van der Waals surface area (Å²) in [4.78, 5) is 18.9. The van der Waals surface area contributed by atoms with Crippen LogP contribution in [0.3, 0.4) is 0 Å². The Hall–Kier alpha value is -2.37. The van der Waals surface area contributed by atoms with Gasteiger partial charge in [0.25, 0.3) is 0 Å². The van der Waals surface area contributed by atoms with Crippen LogP contribution in [0.2, 0.25) is 0 Å². The van der Waals surface area contributed by atoms with Crippen molar-refractivity contribution in [3.63, 3.8) is 0 Å². The highest BCUT2D eigenvalue weighted by Crippen LogP contribution is 2.28. The molecule has 24 heavy (non-hydrogen) atoms. The molecule has 0 unspecified atom stereocenters. The van der Waals surface area contributed by atoms with E-state index in [9.17, 15) is 4.79 Å². The predicted octanol–water partition coefficient (Wildman–Crippen LogP) is 2.77. The summed E-state index contributed by atoms with van der Waals surface area (Å²) in [6, 6.07) is 10.0. The van der Waals surface area contributed by atoms with Crippen LogP contribution in [-0.4, -0.2) is 45.7 Å². The van der Waals surface area contributed by atoms with Crippen molar-refractivity contribution in [3.8, 4) is 11.4 Å². The lowest BCUT2D eigenvalue weighted by Crippen LogP contribution is -2.45. The smallest absolute Gasteiger partial charge is 0.317 e. The van der Waals surface area contributed by atoms with E-state index in [-0.39, 0.29) is 11.9 Å². The van der Waals surface area contributed by atoms with Crippen LogP contribution in [0, 0.1) is 5.92 Å². The van der Waals surface area contributed by atoms with E-state index in [1.165, 1.54) is 12.8 Å². The first kappa shape index (κ1) is 15.2. The first-order valence-electron chi connectivity index (χ1n) is 8.80. The standard InChI is InChI=1S/C18H23N5O/c24-18(19-11-13-8-9-13)23-10-4-7-15(12-23)17-20-16(21-22-17)14-5-2-1-3-6-14/h1-3,5-6,13,15H,4,7-12H2,(H,19,24)(H,20,21,22)/t15-/m1/s1. The minimum Gasteiger partial charge on any atom is -0.338 e. The van der Waals surface area contributed by atoms with Crippen molar-refractivity contribution < 1.29 is 4.79 Å². The van der Waals surface area contributed by atoms with E-state index in [1.54, 1.807) is 0 Å². The van der Waals surface area contributed by atoms with Crippen molar-refractivity contribution >= 4 is 6.03 Å². The molecule has 126 valence electrons. The summed E-state index contributed by atoms with van der Waals surface area (Å²) >= 11 is 0. The fourth-order valence-corrected chi connectivity index (χ4v) is 3.22. The molecular formula is C18H23N5O. The largest absolute Gasteiger partial charge is 0.338 e. The van der Waals surface area contributed by atoms with E-state index < -0.39 is 0 Å². The molecule has 2 heterocycles. The Labute approximate surface area is 141 Å². The molecule has 2 fully saturated rings. The van der Waals surface area contributed by atoms with Gasteiger partial charge in [-0.05, 0) is 31.6 Å². The molecule has 6 nitrogen and oxygen atoms in total. The normalized spacial score (nSPS) is 20.8. The highest BCUT2D eigenvalue weighted by atomic mass is 16.2. The number of rotatable bonds is 4. The number of nitrogens with one attached hydrogen (secondary N) is 2. The van der Waals surface area contributed by atoms with E-state index in [0.29, 0.717) is 12.5 Å². The minimum atomic E-state index is 0.0643. The number of piperidine rings is 1. The summed E-state index contributed by atoms with van der Waals surface area (Å²) in [7, 11) is 0. The molecule has 0 spiro atoms. The number of carbonyl (C=O) groups excluding carboxylic acids is 1. The van der Waals surface area contributed by atoms with Crippen LogP contribution in [0.4, 0.5) is 4.79 Å². The quantitative estimate of drug-likeness (QED) is 0.908. The van der Waals surface area contributed by atoms with Gasteiger partial charge in [0, 0.05) is 31.1 Å². The lowest BCUT2D eigenvalue weighted by Gasteiger charge is -2.31. The van der Waals surface area contributed by atoms with Gasteiger partial charge in [-0.1, -0.05) is 30.3 Å². The summed E-state index contributed by atoms with van der Waals surface area (Å²) in [5.41, 5.74) is 1.01. The molecule has 1 aromatic heterocycles. The van der Waals surface area contributed by atoms with Crippen LogP contribution >= 0.6 is 0 Å². The number of nitrogens with zero attached hydrogens (tertiary/aromatic N) is 3. The third kappa shape index (κ3) is 3.42. The van der Waals surface area contributed by atoms with E-state index in [4.69, 9.17) is 0 Å². The predicted molar refractivity (Wildman–Crippen MR) is 91.5 cm³/mol. The Kier molecular flexibility index (Phi) is 4.19. The zero-order valence-corrected chi connectivity index (χ0v) is 13.7. The molecule has 2 amide bonds. The molecule has 1 aliphatic carbocycles. The molecule has 2 aliphatic rings. The molecule has 1 saturated carbocycles. The number of hydrogen-bond donors (Lipinski definition) is 2. The Bertz CT molecular complexity index is 694. The van der Waals surface area contributed by atoms with Gasteiger partial charge in [-0.3, -0.25) is 5.10 Å². The van der Waals surface area contributed by atoms with Gasteiger partial charge in [0.15, 0.2) is 5.82 Å². The highest BCUT2D eigenvalue weighted by molar-refractivity contribution is 5.74. The summed E-state index contributed by atoms with van der Waals surface area (Å²) in [5.74, 6) is 2.54. The van der Waals surface area contributed by atoms with Gasteiger partial charge in [0.05, 0.1) is 0 Å². The first-order valence-corrected chi connectivity index (χ1v) is 8.80. The lowest BCUT2D eigenvalue weighted by atomic mass is 9.97. The number of carbonyl (C=O) groups is 1. The SMILES string of the molecule is O=C(NCC1CC1)N1CCC[C@@H](c2nc(-c3ccccc3)n[nH]2)C1. The van der Waals surface area contributed by atoms with Gasteiger partial charge >= 0.3 is 6.03 Å². The minimum absolute atomic E-state index is 0.0643. The summed E-state index contributed by atoms with van der Waals surface area (Å²) in [6.07, 6.45) is 4.55. The van der Waals surface area contributed by atoms with Gasteiger partial charge in [-0.2, -0.15) is 5.10 Å². The number of urea groups is 1. The van der Waals surface area contributed by atoms with Crippen molar-refractivity contribution in [2.45, 2.75) is 31.6 Å². The van der Waals surface area contributed by atoms with E-state index in [2.05, 4.69) is 20.5 Å². The van der Waals surface area contributed by atoms with Gasteiger partial charge in [0.1, 0.15) is 5.82 Å². The Morgan fingerprint density at radius 3 is 2.88 bits per heavy atom. The number of amides is 2. The lowest BCUT2D eigenvalue weighted by molar-refractivity contribution is 0.178. The highest BCUT2D eigenvalue weighted by Gasteiger charge is 2.28. The first-order chi connectivity index (χ1) is 11.8. The van der Waals surface area contributed by atoms with E-state index >= 15 is 0 Å². The Morgan fingerprint density at radius 1 is 1.25 bits per heavy atom. The van der Waals surface area contributed by atoms with Crippen molar-refractivity contribution in [1.29, 1.82) is 0 Å². The molecule has 4 rings (SSSR count). The number of H-pyrrole nitrogens is 1. The second-order valence-electron chi connectivity index (χ2n) is 6.82. The number of aromatic amines is 1. The molecule has 1 aliphatic heterocycles. The van der Waals surface area contributed by atoms with Crippen molar-refractivity contribution in [2.24, 2.45) is 5.92 Å². The number of aromatic nitrogens is 3. The fourth-order valence-electron chi connectivity index (χ4n) is 3.22. The molecule has 2 aromatic rings. The molecule has 1 saturated heterocycles. The maximum atomic E-state index is 12.3. The van der Waals surface area contributed by atoms with Crippen LogP contribution in [0.1, 0.15) is 37.4 Å². The molecular weight excluding hydrogens is 302 g/mol. The molecule has 0 radical (unpaired) electrons. The number of likely N-dealkylation sites (tertiary alicyclic amines) is 1. The van der Waals surface area contributed by atoms with Crippen LogP contribution < -0.4 is 5.32 Å². The third-order valence-electron chi connectivity index (χ3n) is 4.87. The van der Waals surface area contributed by atoms with Crippen LogP contribution in [0.15, 0.2) is 30.3 Å². The van der Waals surface area contributed by atoms with Crippen molar-refractivity contribution in [3.05, 3.63) is 36.2 Å². The van der Waals surface area contributed by atoms with Gasteiger partial charge in [-0.25, -0.2) is 9.78 Å². The molecule has 0 bridgehead atoms. The van der Waals surface area contributed by atoms with Crippen molar-refractivity contribution in [1.82, 2.24) is 25.4 Å². The maximum absolute atomic E-state index is 12.3. The molecule has 6 heteroatoms. The Balaban J connectivity index is 1.40. The summed E-state index contributed by atoms with van der Waals surface area (Å²) < 4.78 is 0. The zero-order valence-electron chi connectivity index (χ0n) is 13.7. The molecule has 1 atom stereocenters. The van der Waals surface area contributed by atoms with Gasteiger partial charge in [-0.15, -0.1) is 0 Å². The van der Waals surface area contributed by atoms with Crippen LogP contribution in [0.5, 0.6) is 0 Å². The maximum Gasteiger partial charge on any atom is 0.317 e. The molecule has 1 aromatic carbocycles. The summed E-state index contributed by atoms with van der Waals surface area (Å²) in [6.45, 7) is 2.35. The Morgan fingerprint density at radius 2 is 2.08 bits per heavy atom. The fraction of sp³-hybridized carbons (Fsp3) is 0.500. The second-order valence-corrected chi connectivity index (χ2v) is 6.82. The van der Waals surface area contributed by atoms with Crippen LogP contribution in [-0.2, 0) is 0 Å². The van der Waals surface area contributed by atoms with E-state index in [1.807, 2.05) is 35.2 Å². The average Bonchev–Trinajstić information content (AvgIpc) is 3.34. The third-order valence-corrected chi connectivity index (χ3v) is 4.87. The number of hydrogen-bond acceptors (Lipinski definition) is 3.